The van der Waals surface area contributed by atoms with Gasteiger partial charge in [0.25, 0.3) is 5.91 Å². The van der Waals surface area contributed by atoms with E-state index in [-0.39, 0.29) is 18.1 Å². The number of nitrogens with two attached hydrogens (primary N) is 1. The van der Waals surface area contributed by atoms with Crippen LogP contribution in [0.4, 0.5) is 0 Å². The van der Waals surface area contributed by atoms with Gasteiger partial charge in [-0.25, -0.2) is 0 Å². The Morgan fingerprint density at radius 2 is 2.12 bits per heavy atom. The van der Waals surface area contributed by atoms with Gasteiger partial charge in [-0.15, -0.1) is 0 Å². The lowest BCUT2D eigenvalue weighted by Gasteiger charge is -2.30. The van der Waals surface area contributed by atoms with Crippen LogP contribution in [0.5, 0.6) is 0 Å². The molecule has 0 aromatic carbocycles. The molecular weight excluding hydrogens is 224 g/mol. The number of thiocarbonyl (C=S) groups is 1. The van der Waals surface area contributed by atoms with Crippen LogP contribution >= 0.6 is 12.2 Å². The largest absolute Gasteiger partial charge is 0.392 e. The normalized spacial score (nSPS) is 30.4. The molecule has 0 aliphatic carbocycles. The number of likely N-dealkylation sites (tertiary alicyclic amines) is 1. The Hall–Kier alpha value is -0.680. The summed E-state index contributed by atoms with van der Waals surface area (Å²) in [6.45, 7) is 1.46. The molecule has 2 saturated heterocycles. The van der Waals surface area contributed by atoms with Gasteiger partial charge in [0.1, 0.15) is 6.10 Å². The number of carbonyl (C=O) groups is 1. The van der Waals surface area contributed by atoms with Crippen molar-refractivity contribution < 1.29 is 9.53 Å². The standard InChI is InChI=1S/C11H18N2O2S/c12-10(16)8-4-3-6-13(8)11(14)9-5-1-2-7-15-9/h8-9H,1-7H2,(H2,12,16). The lowest BCUT2D eigenvalue weighted by atomic mass is 10.1. The molecule has 2 unspecified atom stereocenters. The van der Waals surface area contributed by atoms with Gasteiger partial charge in [0.15, 0.2) is 0 Å². The zero-order valence-electron chi connectivity index (χ0n) is 9.35. The molecule has 2 fully saturated rings. The summed E-state index contributed by atoms with van der Waals surface area (Å²) in [6.07, 6.45) is 4.58. The smallest absolute Gasteiger partial charge is 0.252 e. The number of hydrogen-bond donors (Lipinski definition) is 1. The second kappa shape index (κ2) is 5.10. The highest BCUT2D eigenvalue weighted by Crippen LogP contribution is 2.22. The highest BCUT2D eigenvalue weighted by Gasteiger charge is 2.35. The predicted octanol–water partition coefficient (Wildman–Crippen LogP) is 0.833. The van der Waals surface area contributed by atoms with Gasteiger partial charge in [-0.2, -0.15) is 0 Å². The van der Waals surface area contributed by atoms with E-state index in [4.69, 9.17) is 22.7 Å². The molecule has 4 nitrogen and oxygen atoms in total. The van der Waals surface area contributed by atoms with E-state index in [0.29, 0.717) is 11.6 Å². The monoisotopic (exact) mass is 242 g/mol. The predicted molar refractivity (Wildman–Crippen MR) is 65.1 cm³/mol. The van der Waals surface area contributed by atoms with Gasteiger partial charge in [-0.1, -0.05) is 12.2 Å². The van der Waals surface area contributed by atoms with E-state index in [0.717, 1.165) is 38.6 Å². The number of ether oxygens (including phenoxy) is 1. The molecule has 2 heterocycles. The van der Waals surface area contributed by atoms with Crippen LogP contribution in [0.2, 0.25) is 0 Å². The Labute approximate surface area is 101 Å². The third-order valence-electron chi connectivity index (χ3n) is 3.32. The Balaban J connectivity index is 1.99. The minimum atomic E-state index is -0.260. The summed E-state index contributed by atoms with van der Waals surface area (Å²) in [5, 5.41) is 0. The van der Waals surface area contributed by atoms with Crippen molar-refractivity contribution in [1.82, 2.24) is 4.90 Å². The summed E-state index contributed by atoms with van der Waals surface area (Å²) >= 11 is 5.00. The van der Waals surface area contributed by atoms with Crippen molar-refractivity contribution in [3.05, 3.63) is 0 Å². The van der Waals surface area contributed by atoms with Crippen molar-refractivity contribution in [3.8, 4) is 0 Å². The molecule has 2 N–H and O–H groups in total. The zero-order valence-corrected chi connectivity index (χ0v) is 10.2. The van der Waals surface area contributed by atoms with Crippen molar-refractivity contribution in [2.75, 3.05) is 13.2 Å². The van der Waals surface area contributed by atoms with E-state index in [2.05, 4.69) is 0 Å². The first-order valence-electron chi connectivity index (χ1n) is 5.91. The molecule has 0 bridgehead atoms. The Bertz CT molecular complexity index is 290. The molecular formula is C11H18N2O2S. The topological polar surface area (TPSA) is 55.6 Å². The number of nitrogens with zero attached hydrogens (tertiary/aromatic N) is 1. The third kappa shape index (κ3) is 2.35. The summed E-state index contributed by atoms with van der Waals surface area (Å²) < 4.78 is 5.50. The van der Waals surface area contributed by atoms with Gasteiger partial charge in [-0.05, 0) is 32.1 Å². The van der Waals surface area contributed by atoms with Crippen LogP contribution in [-0.2, 0) is 9.53 Å². The van der Waals surface area contributed by atoms with Crippen LogP contribution in [0.1, 0.15) is 32.1 Å². The van der Waals surface area contributed by atoms with Crippen LogP contribution in [-0.4, -0.2) is 41.1 Å². The van der Waals surface area contributed by atoms with E-state index >= 15 is 0 Å². The summed E-state index contributed by atoms with van der Waals surface area (Å²) in [5.74, 6) is 0.0787. The van der Waals surface area contributed by atoms with Gasteiger partial charge < -0.3 is 15.4 Å². The molecule has 90 valence electrons. The fourth-order valence-corrected chi connectivity index (χ4v) is 2.69. The average molecular weight is 242 g/mol. The van der Waals surface area contributed by atoms with Gasteiger partial charge in [0, 0.05) is 13.2 Å². The third-order valence-corrected chi connectivity index (χ3v) is 3.59. The van der Waals surface area contributed by atoms with Crippen LogP contribution in [0.15, 0.2) is 0 Å². The van der Waals surface area contributed by atoms with E-state index in [1.54, 1.807) is 4.90 Å². The van der Waals surface area contributed by atoms with Crippen molar-refractivity contribution in [2.45, 2.75) is 44.2 Å². The van der Waals surface area contributed by atoms with E-state index < -0.39 is 0 Å². The van der Waals surface area contributed by atoms with Crippen molar-refractivity contribution in [3.63, 3.8) is 0 Å². The molecule has 0 aromatic heterocycles. The molecule has 0 aromatic rings. The minimum Gasteiger partial charge on any atom is -0.392 e. The first kappa shape index (κ1) is 11.8. The maximum Gasteiger partial charge on any atom is 0.252 e. The van der Waals surface area contributed by atoms with Gasteiger partial charge in [0.2, 0.25) is 0 Å². The van der Waals surface area contributed by atoms with Crippen LogP contribution in [0.3, 0.4) is 0 Å². The highest BCUT2D eigenvalue weighted by atomic mass is 32.1. The molecule has 2 rings (SSSR count). The number of rotatable bonds is 2. The number of carbonyl (C=O) groups excluding carboxylic acids is 1. The molecule has 0 saturated carbocycles. The zero-order chi connectivity index (χ0) is 11.5. The van der Waals surface area contributed by atoms with Gasteiger partial charge >= 0.3 is 0 Å². The summed E-state index contributed by atoms with van der Waals surface area (Å²) in [6, 6.07) is -0.0481. The van der Waals surface area contributed by atoms with E-state index in [1.165, 1.54) is 0 Å². The first-order chi connectivity index (χ1) is 7.70. The van der Waals surface area contributed by atoms with Crippen molar-refractivity contribution in [2.24, 2.45) is 5.73 Å². The SMILES string of the molecule is NC(=S)C1CCCN1C(=O)C1CCCCO1. The Morgan fingerprint density at radius 1 is 1.31 bits per heavy atom. The lowest BCUT2D eigenvalue weighted by molar-refractivity contribution is -0.146. The first-order valence-corrected chi connectivity index (χ1v) is 6.32. The molecule has 16 heavy (non-hydrogen) atoms. The highest BCUT2D eigenvalue weighted by molar-refractivity contribution is 7.80. The molecule has 0 spiro atoms. The second-order valence-corrected chi connectivity index (χ2v) is 4.92. The molecule has 0 radical (unpaired) electrons. The summed E-state index contributed by atoms with van der Waals surface area (Å²) in [5.41, 5.74) is 5.65. The van der Waals surface area contributed by atoms with E-state index in [1.807, 2.05) is 0 Å². The molecule has 5 heteroatoms. The Morgan fingerprint density at radius 3 is 2.75 bits per heavy atom. The summed E-state index contributed by atoms with van der Waals surface area (Å²) in [7, 11) is 0. The lowest BCUT2D eigenvalue weighted by Crippen LogP contribution is -2.48. The Kier molecular flexibility index (Phi) is 3.76. The minimum absolute atomic E-state index is 0.0481. The van der Waals surface area contributed by atoms with Gasteiger partial charge in [-0.3, -0.25) is 4.79 Å². The fourth-order valence-electron chi connectivity index (χ4n) is 2.45. The van der Waals surface area contributed by atoms with Crippen LogP contribution in [0, 0.1) is 0 Å². The number of hydrogen-bond acceptors (Lipinski definition) is 3. The van der Waals surface area contributed by atoms with Crippen molar-refractivity contribution in [1.29, 1.82) is 0 Å². The second-order valence-electron chi connectivity index (χ2n) is 4.45. The quantitative estimate of drug-likeness (QED) is 0.729. The number of amides is 1. The molecule has 2 atom stereocenters. The van der Waals surface area contributed by atoms with Gasteiger partial charge in [0.05, 0.1) is 11.0 Å². The molecule has 2 aliphatic rings. The summed E-state index contributed by atoms with van der Waals surface area (Å²) in [4.78, 5) is 14.4. The van der Waals surface area contributed by atoms with Crippen LogP contribution < -0.4 is 5.73 Å². The maximum atomic E-state index is 12.2. The van der Waals surface area contributed by atoms with E-state index in [9.17, 15) is 4.79 Å². The molecule has 2 aliphatic heterocycles. The van der Waals surface area contributed by atoms with Crippen molar-refractivity contribution >= 4 is 23.1 Å². The fraction of sp³-hybridized carbons (Fsp3) is 0.818. The molecule has 1 amide bonds. The average Bonchev–Trinajstić information content (AvgIpc) is 2.78. The van der Waals surface area contributed by atoms with Crippen LogP contribution in [0.25, 0.3) is 0 Å². The maximum absolute atomic E-state index is 12.2.